The molecule has 0 aliphatic carbocycles. The largest absolute Gasteiger partial charge is 0.319 e. The molecule has 3 aromatic rings. The second kappa shape index (κ2) is 5.39. The summed E-state index contributed by atoms with van der Waals surface area (Å²) >= 11 is 0. The van der Waals surface area contributed by atoms with Gasteiger partial charge in [-0.05, 0) is 35.7 Å². The van der Waals surface area contributed by atoms with Crippen molar-refractivity contribution in [2.75, 3.05) is 0 Å². The predicted octanol–water partition coefficient (Wildman–Crippen LogP) is 3.24. The zero-order valence-electron chi connectivity index (χ0n) is 11.5. The smallest absolute Gasteiger partial charge is 0.0735 e. The van der Waals surface area contributed by atoms with Crippen LogP contribution in [0.25, 0.3) is 10.9 Å². The first-order valence-electron chi connectivity index (χ1n) is 6.84. The van der Waals surface area contributed by atoms with E-state index in [4.69, 9.17) is 5.73 Å². The first-order valence-corrected chi connectivity index (χ1v) is 6.84. The summed E-state index contributed by atoms with van der Waals surface area (Å²) in [6, 6.07) is 13.9. The molecule has 0 bridgehead atoms. The number of benzene rings is 1. The summed E-state index contributed by atoms with van der Waals surface area (Å²) in [5.74, 6) is 0. The van der Waals surface area contributed by atoms with Gasteiger partial charge in [0.05, 0.1) is 17.3 Å². The Morgan fingerprint density at radius 1 is 1.00 bits per heavy atom. The molecule has 0 saturated heterocycles. The lowest BCUT2D eigenvalue weighted by molar-refractivity contribution is 0.812. The molecule has 2 N–H and O–H groups in total. The number of hydrogen-bond donors (Lipinski definition) is 1. The molecule has 3 rings (SSSR count). The maximum Gasteiger partial charge on any atom is 0.0735 e. The molecular weight excluding hydrogens is 246 g/mol. The summed E-state index contributed by atoms with van der Waals surface area (Å²) in [7, 11) is 0. The minimum Gasteiger partial charge on any atom is -0.319 e. The lowest BCUT2D eigenvalue weighted by atomic mass is 9.96. The van der Waals surface area contributed by atoms with Gasteiger partial charge >= 0.3 is 0 Å². The normalized spacial score (nSPS) is 12.5. The third kappa shape index (κ3) is 2.17. The average Bonchev–Trinajstić information content (AvgIpc) is 2.53. The maximum atomic E-state index is 6.47. The van der Waals surface area contributed by atoms with E-state index in [0.29, 0.717) is 0 Å². The summed E-state index contributed by atoms with van der Waals surface area (Å²) in [4.78, 5) is 8.87. The van der Waals surface area contributed by atoms with Crippen LogP contribution in [0.3, 0.4) is 0 Å². The first-order chi connectivity index (χ1) is 9.81. The van der Waals surface area contributed by atoms with E-state index in [9.17, 15) is 0 Å². The van der Waals surface area contributed by atoms with E-state index in [1.165, 1.54) is 5.56 Å². The Bertz CT molecular complexity index is 732. The molecule has 0 saturated carbocycles. The molecule has 0 aliphatic rings. The lowest BCUT2D eigenvalue weighted by Crippen LogP contribution is -2.16. The van der Waals surface area contributed by atoms with Gasteiger partial charge in [0.15, 0.2) is 0 Å². The van der Waals surface area contributed by atoms with Gasteiger partial charge in [-0.3, -0.25) is 9.97 Å². The summed E-state index contributed by atoms with van der Waals surface area (Å²) in [6.07, 6.45) is 4.54. The Labute approximate surface area is 118 Å². The Kier molecular flexibility index (Phi) is 3.44. The van der Waals surface area contributed by atoms with E-state index in [-0.39, 0.29) is 6.04 Å². The Hall–Kier alpha value is -2.26. The fourth-order valence-corrected chi connectivity index (χ4v) is 2.58. The van der Waals surface area contributed by atoms with Crippen molar-refractivity contribution in [2.45, 2.75) is 19.4 Å². The molecule has 1 aromatic carbocycles. The van der Waals surface area contributed by atoms with Crippen LogP contribution in [-0.2, 0) is 6.42 Å². The van der Waals surface area contributed by atoms with Crippen LogP contribution in [-0.4, -0.2) is 9.97 Å². The number of hydrogen-bond acceptors (Lipinski definition) is 3. The molecule has 2 heterocycles. The van der Waals surface area contributed by atoms with Crippen molar-refractivity contribution in [1.82, 2.24) is 9.97 Å². The van der Waals surface area contributed by atoms with Gasteiger partial charge in [-0.25, -0.2) is 0 Å². The number of aromatic nitrogens is 2. The van der Waals surface area contributed by atoms with Crippen LogP contribution in [0.15, 0.2) is 54.9 Å². The van der Waals surface area contributed by atoms with Crippen molar-refractivity contribution < 1.29 is 0 Å². The molecule has 20 heavy (non-hydrogen) atoms. The van der Waals surface area contributed by atoms with Crippen LogP contribution in [0.5, 0.6) is 0 Å². The fourth-order valence-electron chi connectivity index (χ4n) is 2.58. The van der Waals surface area contributed by atoms with Crippen LogP contribution in [0.1, 0.15) is 29.8 Å². The quantitative estimate of drug-likeness (QED) is 0.789. The molecule has 100 valence electrons. The van der Waals surface area contributed by atoms with Crippen molar-refractivity contribution >= 4 is 10.9 Å². The highest BCUT2D eigenvalue weighted by atomic mass is 14.8. The average molecular weight is 263 g/mol. The molecule has 0 aliphatic heterocycles. The maximum absolute atomic E-state index is 6.47. The lowest BCUT2D eigenvalue weighted by Gasteiger charge is -2.16. The van der Waals surface area contributed by atoms with Crippen molar-refractivity contribution in [1.29, 1.82) is 0 Å². The summed E-state index contributed by atoms with van der Waals surface area (Å²) in [5, 5.41) is 1.09. The SMILES string of the molecule is CCc1cccnc1C(N)c1cccc2ncccc12. The molecular formula is C17H17N3. The number of pyridine rings is 2. The van der Waals surface area contributed by atoms with Crippen molar-refractivity contribution in [2.24, 2.45) is 5.73 Å². The predicted molar refractivity (Wildman–Crippen MR) is 81.4 cm³/mol. The van der Waals surface area contributed by atoms with E-state index in [1.54, 1.807) is 12.4 Å². The number of rotatable bonds is 3. The number of nitrogens with two attached hydrogens (primary N) is 1. The molecule has 3 heteroatoms. The fraction of sp³-hybridized carbons (Fsp3) is 0.176. The number of nitrogens with zero attached hydrogens (tertiary/aromatic N) is 2. The third-order valence-corrected chi connectivity index (χ3v) is 3.62. The summed E-state index contributed by atoms with van der Waals surface area (Å²) in [5.41, 5.74) is 10.7. The highest BCUT2D eigenvalue weighted by Crippen LogP contribution is 2.27. The minimum absolute atomic E-state index is 0.223. The second-order valence-electron chi connectivity index (χ2n) is 4.80. The van der Waals surface area contributed by atoms with E-state index < -0.39 is 0 Å². The molecule has 2 aromatic heterocycles. The Morgan fingerprint density at radius 2 is 1.80 bits per heavy atom. The van der Waals surface area contributed by atoms with Gasteiger partial charge in [0.25, 0.3) is 0 Å². The Morgan fingerprint density at radius 3 is 2.65 bits per heavy atom. The van der Waals surface area contributed by atoms with Gasteiger partial charge in [-0.2, -0.15) is 0 Å². The first kappa shape index (κ1) is 12.8. The van der Waals surface area contributed by atoms with Crippen LogP contribution in [0.4, 0.5) is 0 Å². The molecule has 0 radical (unpaired) electrons. The number of aryl methyl sites for hydroxylation is 1. The van der Waals surface area contributed by atoms with Crippen molar-refractivity contribution in [3.8, 4) is 0 Å². The highest BCUT2D eigenvalue weighted by Gasteiger charge is 2.16. The molecule has 0 spiro atoms. The molecule has 3 nitrogen and oxygen atoms in total. The van der Waals surface area contributed by atoms with Crippen LogP contribution < -0.4 is 5.73 Å². The van der Waals surface area contributed by atoms with Crippen LogP contribution in [0, 0.1) is 0 Å². The zero-order valence-corrected chi connectivity index (χ0v) is 11.5. The van der Waals surface area contributed by atoms with E-state index >= 15 is 0 Å². The van der Waals surface area contributed by atoms with Gasteiger partial charge in [0.1, 0.15) is 0 Å². The van der Waals surface area contributed by atoms with Crippen molar-refractivity contribution in [3.63, 3.8) is 0 Å². The van der Waals surface area contributed by atoms with Gasteiger partial charge in [0, 0.05) is 17.8 Å². The van der Waals surface area contributed by atoms with Gasteiger partial charge in [-0.15, -0.1) is 0 Å². The summed E-state index contributed by atoms with van der Waals surface area (Å²) in [6.45, 7) is 2.12. The van der Waals surface area contributed by atoms with E-state index in [0.717, 1.165) is 28.6 Å². The molecule has 1 atom stereocenters. The second-order valence-corrected chi connectivity index (χ2v) is 4.80. The van der Waals surface area contributed by atoms with E-state index in [1.807, 2.05) is 24.3 Å². The van der Waals surface area contributed by atoms with Crippen LogP contribution in [0.2, 0.25) is 0 Å². The Balaban J connectivity index is 2.15. The molecule has 0 amide bonds. The van der Waals surface area contributed by atoms with Gasteiger partial charge < -0.3 is 5.73 Å². The summed E-state index contributed by atoms with van der Waals surface area (Å²) < 4.78 is 0. The standard InChI is InChI=1S/C17H17N3/c1-2-12-6-4-11-20-17(12)16(18)14-7-3-9-15-13(14)8-5-10-19-15/h3-11,16H,2,18H2,1H3. The highest BCUT2D eigenvalue weighted by molar-refractivity contribution is 5.82. The van der Waals surface area contributed by atoms with Gasteiger partial charge in [-0.1, -0.05) is 31.2 Å². The topological polar surface area (TPSA) is 51.8 Å². The molecule has 1 unspecified atom stereocenters. The van der Waals surface area contributed by atoms with Gasteiger partial charge in [0.2, 0.25) is 0 Å². The number of fused-ring (bicyclic) bond motifs is 1. The van der Waals surface area contributed by atoms with Crippen molar-refractivity contribution in [3.05, 3.63) is 71.7 Å². The monoisotopic (exact) mass is 263 g/mol. The minimum atomic E-state index is -0.223. The zero-order chi connectivity index (χ0) is 13.9. The molecule has 0 fully saturated rings. The third-order valence-electron chi connectivity index (χ3n) is 3.62. The van der Waals surface area contributed by atoms with Crippen LogP contribution >= 0.6 is 0 Å². The van der Waals surface area contributed by atoms with E-state index in [2.05, 4.69) is 35.1 Å².